The second kappa shape index (κ2) is 4950. The fourth-order valence-electron chi connectivity index (χ4n) is 0. The van der Waals surface area contributed by atoms with Crippen molar-refractivity contribution in [3.8, 4) is 0 Å². The third-order valence-corrected chi connectivity index (χ3v) is 0. The molecule has 0 aliphatic carbocycles. The second-order valence-corrected chi connectivity index (χ2v) is 0. The molecular formula is H6F6N2Sn-6. The Morgan fingerprint density at radius 3 is 0.333 bits per heavy atom. The van der Waals surface area contributed by atoms with Gasteiger partial charge in [0.15, 0.2) is 0 Å². The Hall–Kier alpha value is 0.299. The van der Waals surface area contributed by atoms with Crippen molar-refractivity contribution < 1.29 is 28.2 Å². The van der Waals surface area contributed by atoms with Crippen LogP contribution in [0.25, 0.3) is 0 Å². The average Bonchev–Trinajstić information content (AvgIpc) is 0. The third kappa shape index (κ3) is 3690. The van der Waals surface area contributed by atoms with Crippen LogP contribution in [0.1, 0.15) is 0 Å². The predicted octanol–water partition coefficient (Wildman–Crippen LogP) is -18.0. The van der Waals surface area contributed by atoms with E-state index in [1.165, 1.54) is 0 Å². The Morgan fingerprint density at radius 2 is 0.333 bits per heavy atom. The van der Waals surface area contributed by atoms with Crippen molar-refractivity contribution in [3.63, 3.8) is 0 Å². The molecule has 68 valence electrons. The molecule has 0 saturated heterocycles. The molecule has 9 heteroatoms. The summed E-state index contributed by atoms with van der Waals surface area (Å²) in [6, 6.07) is 0. The molecule has 0 heterocycles. The van der Waals surface area contributed by atoms with Gasteiger partial charge in [-0.2, -0.15) is 0 Å². The molecule has 0 rings (SSSR count). The van der Waals surface area contributed by atoms with Gasteiger partial charge in [0, 0.05) is 23.9 Å². The predicted molar refractivity (Wildman–Crippen MR) is 15.8 cm³/mol. The molecule has 0 fully saturated rings. The van der Waals surface area contributed by atoms with Crippen LogP contribution in [0, 0.1) is 0 Å². The summed E-state index contributed by atoms with van der Waals surface area (Å²) in [5.74, 6) is 0. The number of halogens is 6. The fourth-order valence-corrected chi connectivity index (χ4v) is 0. The van der Waals surface area contributed by atoms with E-state index in [0.717, 1.165) is 0 Å². The number of hydrogen-bond donors (Lipinski definition) is 2. The van der Waals surface area contributed by atoms with Crippen molar-refractivity contribution in [3.05, 3.63) is 0 Å². The number of rotatable bonds is 0. The molecule has 0 spiro atoms. The third-order valence-electron chi connectivity index (χ3n) is 0. The van der Waals surface area contributed by atoms with E-state index in [1.54, 1.807) is 0 Å². The molecule has 0 aromatic heterocycles. The Morgan fingerprint density at radius 1 is 0.333 bits per heavy atom. The SMILES string of the molecule is N.N.[F-].[F-].[F-].[F-].[F-].[F-].[Sn]. The monoisotopic (exact) mass is 268 g/mol. The first kappa shape index (κ1) is 7180. The molecule has 2 nitrogen and oxygen atoms in total. The van der Waals surface area contributed by atoms with Gasteiger partial charge in [0.2, 0.25) is 0 Å². The summed E-state index contributed by atoms with van der Waals surface area (Å²) < 4.78 is 0. The van der Waals surface area contributed by atoms with Gasteiger partial charge in [-0.05, 0) is 0 Å². The van der Waals surface area contributed by atoms with Gasteiger partial charge in [0.1, 0.15) is 0 Å². The largest absolute Gasteiger partial charge is 1.00 e. The first-order valence-electron chi connectivity index (χ1n) is 0. The summed E-state index contributed by atoms with van der Waals surface area (Å²) in [6.45, 7) is 0. The molecule has 0 aliphatic rings. The van der Waals surface area contributed by atoms with E-state index in [4.69, 9.17) is 0 Å². The second-order valence-electron chi connectivity index (χ2n) is 0. The first-order valence-corrected chi connectivity index (χ1v) is 0. The minimum absolute atomic E-state index is 0. The standard InChI is InChI=1S/6FH.2H3N.Sn/h6*1H;2*1H3;/p-6. The van der Waals surface area contributed by atoms with Crippen LogP contribution >= 0.6 is 0 Å². The maximum atomic E-state index is 0. The zero-order valence-corrected chi connectivity index (χ0v) is 7.04. The molecule has 0 aromatic rings. The van der Waals surface area contributed by atoms with Crippen molar-refractivity contribution in [2.24, 2.45) is 0 Å². The van der Waals surface area contributed by atoms with E-state index < -0.39 is 0 Å². The van der Waals surface area contributed by atoms with Crippen LogP contribution < -0.4 is 40.5 Å². The van der Waals surface area contributed by atoms with E-state index in [0.29, 0.717) is 0 Å². The normalized spacial score (nSPS) is 0. The first-order chi connectivity index (χ1) is 0. The van der Waals surface area contributed by atoms with E-state index in [2.05, 4.69) is 0 Å². The maximum Gasteiger partial charge on any atom is 0 e. The summed E-state index contributed by atoms with van der Waals surface area (Å²) in [4.78, 5) is 0. The van der Waals surface area contributed by atoms with Crippen LogP contribution in [-0.2, 0) is 0 Å². The van der Waals surface area contributed by atoms with E-state index in [9.17, 15) is 0 Å². The zero-order valence-electron chi connectivity index (χ0n) is 4.18. The summed E-state index contributed by atoms with van der Waals surface area (Å²) >= 11 is 0. The quantitative estimate of drug-likeness (QED) is 0.338. The maximum absolute atomic E-state index is 0. The molecule has 9 heavy (non-hydrogen) atoms. The average molecular weight is 267 g/mol. The summed E-state index contributed by atoms with van der Waals surface area (Å²) in [5.41, 5.74) is 0. The van der Waals surface area contributed by atoms with E-state index >= 15 is 0 Å². The van der Waals surface area contributed by atoms with Crippen molar-refractivity contribution in [1.29, 1.82) is 0 Å². The van der Waals surface area contributed by atoms with E-state index in [1.807, 2.05) is 0 Å². The molecule has 0 bridgehead atoms. The summed E-state index contributed by atoms with van der Waals surface area (Å²) in [6.07, 6.45) is 0. The van der Waals surface area contributed by atoms with Gasteiger partial charge in [-0.1, -0.05) is 0 Å². The van der Waals surface area contributed by atoms with Crippen molar-refractivity contribution in [2.75, 3.05) is 0 Å². The summed E-state index contributed by atoms with van der Waals surface area (Å²) in [5, 5.41) is 0. The molecule has 4 radical (unpaired) electrons. The molecular weight excluding hydrogens is 261 g/mol. The van der Waals surface area contributed by atoms with Crippen molar-refractivity contribution in [2.45, 2.75) is 0 Å². The van der Waals surface area contributed by atoms with Gasteiger partial charge in [0.25, 0.3) is 0 Å². The van der Waals surface area contributed by atoms with Gasteiger partial charge < -0.3 is 40.5 Å². The van der Waals surface area contributed by atoms with Crippen molar-refractivity contribution in [1.82, 2.24) is 12.3 Å². The van der Waals surface area contributed by atoms with Gasteiger partial charge in [0.05, 0.1) is 0 Å². The molecule has 0 saturated carbocycles. The van der Waals surface area contributed by atoms with Gasteiger partial charge in [-0.15, -0.1) is 0 Å². The van der Waals surface area contributed by atoms with Gasteiger partial charge >= 0.3 is 0 Å². The molecule has 6 N–H and O–H groups in total. The molecule has 0 aliphatic heterocycles. The topological polar surface area (TPSA) is 70.0 Å². The minimum atomic E-state index is 0. The van der Waals surface area contributed by atoms with Gasteiger partial charge in [-0.25, -0.2) is 0 Å². The minimum Gasteiger partial charge on any atom is -1.00 e. The Labute approximate surface area is 65.1 Å². The molecule has 0 atom stereocenters. The Bertz CT molecular complexity index is 11.0. The van der Waals surface area contributed by atoms with Crippen LogP contribution in [-0.4, -0.2) is 23.9 Å². The van der Waals surface area contributed by atoms with Crippen LogP contribution in [0.15, 0.2) is 0 Å². The van der Waals surface area contributed by atoms with Crippen LogP contribution in [0.2, 0.25) is 0 Å². The molecule has 0 amide bonds. The fraction of sp³-hybridized carbons (Fsp3) is 0. The summed E-state index contributed by atoms with van der Waals surface area (Å²) in [7, 11) is 0. The van der Waals surface area contributed by atoms with E-state index in [-0.39, 0.29) is 64.4 Å². The van der Waals surface area contributed by atoms with Gasteiger partial charge in [-0.3, -0.25) is 0 Å². The smallest absolute Gasteiger partial charge is 0 e. The zero-order chi connectivity index (χ0) is 0. The molecule has 0 unspecified atom stereocenters. The molecule has 0 aromatic carbocycles. The van der Waals surface area contributed by atoms with Crippen molar-refractivity contribution >= 4 is 23.9 Å². The Kier molecular flexibility index (Phi) is 3950000. The van der Waals surface area contributed by atoms with Crippen LogP contribution in [0.3, 0.4) is 0 Å². The Balaban J connectivity index is 0. The number of hydrogen-bond acceptors (Lipinski definition) is 2. The van der Waals surface area contributed by atoms with Crippen LogP contribution in [0.5, 0.6) is 0 Å². The van der Waals surface area contributed by atoms with Crippen LogP contribution in [0.4, 0.5) is 0 Å².